The minimum atomic E-state index is -0.265. The second-order valence-electron chi connectivity index (χ2n) is 10.9. The molecular weight excluding hydrogens is 496 g/mol. The number of nitrogens with one attached hydrogen (secondary N) is 1. The largest absolute Gasteiger partial charge is 0.329 e. The molecule has 0 unspecified atom stereocenters. The summed E-state index contributed by atoms with van der Waals surface area (Å²) in [5, 5.41) is 7.91. The van der Waals surface area contributed by atoms with Crippen molar-refractivity contribution in [1.82, 2.24) is 14.7 Å². The summed E-state index contributed by atoms with van der Waals surface area (Å²) in [5.41, 5.74) is 6.64. The lowest BCUT2D eigenvalue weighted by Crippen LogP contribution is -2.40. The quantitative estimate of drug-likeness (QED) is 0.220. The number of hydrogen-bond donors (Lipinski definition) is 1. The van der Waals surface area contributed by atoms with Gasteiger partial charge in [0.1, 0.15) is 12.4 Å². The van der Waals surface area contributed by atoms with Crippen LogP contribution in [0.5, 0.6) is 0 Å². The van der Waals surface area contributed by atoms with Gasteiger partial charge in [0.15, 0.2) is 0 Å². The number of hydrogen-bond acceptors (Lipinski definition) is 3. The molecule has 1 N–H and O–H groups in total. The predicted molar refractivity (Wildman–Crippen MR) is 163 cm³/mol. The highest BCUT2D eigenvalue weighted by atomic mass is 16.2. The fourth-order valence-electron chi connectivity index (χ4n) is 4.84. The van der Waals surface area contributed by atoms with Gasteiger partial charge in [-0.1, -0.05) is 87.4 Å². The zero-order valence-electron chi connectivity index (χ0n) is 24.3. The summed E-state index contributed by atoms with van der Waals surface area (Å²) in [7, 11) is 0. The van der Waals surface area contributed by atoms with E-state index in [9.17, 15) is 9.59 Å². The van der Waals surface area contributed by atoms with Crippen LogP contribution in [-0.4, -0.2) is 39.6 Å². The number of carbonyl (C=O) groups is 2. The van der Waals surface area contributed by atoms with Gasteiger partial charge in [-0.05, 0) is 61.9 Å². The SMILES string of the molecule is CCCCc1ccc(C(=O)N(CC(=O)Nc2cc(-c3ccccc3)nn2-c2ccc(C)cc2C)CC(C)C)cc1. The number of aromatic nitrogens is 2. The summed E-state index contributed by atoms with van der Waals surface area (Å²) in [5.74, 6) is 0.372. The van der Waals surface area contributed by atoms with Gasteiger partial charge in [-0.25, -0.2) is 4.68 Å². The number of carbonyl (C=O) groups excluding carboxylic acids is 2. The van der Waals surface area contributed by atoms with Gasteiger partial charge >= 0.3 is 0 Å². The highest BCUT2D eigenvalue weighted by Crippen LogP contribution is 2.27. The monoisotopic (exact) mass is 536 g/mol. The molecule has 0 atom stereocenters. The summed E-state index contributed by atoms with van der Waals surface area (Å²) in [6.07, 6.45) is 3.26. The van der Waals surface area contributed by atoms with Crippen molar-refractivity contribution in [2.75, 3.05) is 18.4 Å². The third-order valence-electron chi connectivity index (χ3n) is 6.85. The van der Waals surface area contributed by atoms with Gasteiger partial charge in [-0.15, -0.1) is 0 Å². The molecule has 6 nitrogen and oxygen atoms in total. The minimum Gasteiger partial charge on any atom is -0.329 e. The molecular formula is C34H40N4O2. The summed E-state index contributed by atoms with van der Waals surface area (Å²) in [6, 6.07) is 25.7. The number of rotatable bonds is 11. The lowest BCUT2D eigenvalue weighted by Gasteiger charge is -2.24. The Morgan fingerprint density at radius 2 is 1.68 bits per heavy atom. The fourth-order valence-corrected chi connectivity index (χ4v) is 4.84. The van der Waals surface area contributed by atoms with E-state index in [2.05, 4.69) is 25.2 Å². The van der Waals surface area contributed by atoms with Crippen LogP contribution in [0.2, 0.25) is 0 Å². The number of unbranched alkanes of at least 4 members (excludes halogenated alkanes) is 1. The van der Waals surface area contributed by atoms with Crippen LogP contribution >= 0.6 is 0 Å². The minimum absolute atomic E-state index is 0.0483. The second-order valence-corrected chi connectivity index (χ2v) is 10.9. The van der Waals surface area contributed by atoms with Crippen LogP contribution in [0.15, 0.2) is 78.9 Å². The Labute approximate surface area is 238 Å². The number of amides is 2. The average Bonchev–Trinajstić information content (AvgIpc) is 3.34. The highest BCUT2D eigenvalue weighted by Gasteiger charge is 2.22. The Morgan fingerprint density at radius 3 is 2.33 bits per heavy atom. The van der Waals surface area contributed by atoms with Crippen molar-refractivity contribution in [1.29, 1.82) is 0 Å². The van der Waals surface area contributed by atoms with Gasteiger partial charge in [0.2, 0.25) is 5.91 Å². The van der Waals surface area contributed by atoms with Gasteiger partial charge in [0.05, 0.1) is 11.4 Å². The summed E-state index contributed by atoms with van der Waals surface area (Å²) in [6.45, 7) is 10.8. The topological polar surface area (TPSA) is 67.2 Å². The Hall–Kier alpha value is -4.19. The molecule has 0 bridgehead atoms. The molecule has 0 saturated heterocycles. The van der Waals surface area contributed by atoms with Crippen LogP contribution in [0.25, 0.3) is 16.9 Å². The standard InChI is InChI=1S/C34H40N4O2/c1-6-7-11-27-15-17-29(18-16-27)34(40)37(22-24(2)3)23-33(39)35-32-21-30(28-12-9-8-10-13-28)36-38(32)31-19-14-25(4)20-26(31)5/h8-10,12-21,24H,6-7,11,22-23H2,1-5H3,(H,35,39). The van der Waals surface area contributed by atoms with Crippen LogP contribution in [0.4, 0.5) is 5.82 Å². The molecule has 0 aliphatic rings. The lowest BCUT2D eigenvalue weighted by molar-refractivity contribution is -0.117. The van der Waals surface area contributed by atoms with Crippen molar-refractivity contribution in [3.05, 3.63) is 101 Å². The van der Waals surface area contributed by atoms with Crippen molar-refractivity contribution in [3.63, 3.8) is 0 Å². The van der Waals surface area contributed by atoms with Gasteiger partial charge in [-0.2, -0.15) is 5.10 Å². The normalized spacial score (nSPS) is 11.1. The van der Waals surface area contributed by atoms with Crippen molar-refractivity contribution in [3.8, 4) is 16.9 Å². The van der Waals surface area contributed by atoms with E-state index in [0.717, 1.165) is 47.3 Å². The van der Waals surface area contributed by atoms with Gasteiger partial charge in [0, 0.05) is 23.7 Å². The van der Waals surface area contributed by atoms with E-state index < -0.39 is 0 Å². The summed E-state index contributed by atoms with van der Waals surface area (Å²) >= 11 is 0. The van der Waals surface area contributed by atoms with Crippen molar-refractivity contribution in [2.24, 2.45) is 5.92 Å². The Morgan fingerprint density at radius 1 is 0.950 bits per heavy atom. The first kappa shape index (κ1) is 28.8. The molecule has 0 saturated carbocycles. The maximum absolute atomic E-state index is 13.5. The molecule has 1 heterocycles. The Balaban J connectivity index is 1.59. The number of nitrogens with zero attached hydrogens (tertiary/aromatic N) is 3. The number of anilines is 1. The molecule has 1 aromatic heterocycles. The maximum atomic E-state index is 13.5. The zero-order valence-corrected chi connectivity index (χ0v) is 24.3. The van der Waals surface area contributed by atoms with Gasteiger partial charge < -0.3 is 10.2 Å². The van der Waals surface area contributed by atoms with E-state index in [-0.39, 0.29) is 24.3 Å². The molecule has 6 heteroatoms. The van der Waals surface area contributed by atoms with Crippen LogP contribution in [0, 0.1) is 19.8 Å². The van der Waals surface area contributed by atoms with Crippen LogP contribution < -0.4 is 5.32 Å². The van der Waals surface area contributed by atoms with Crippen molar-refractivity contribution >= 4 is 17.6 Å². The van der Waals surface area contributed by atoms with E-state index >= 15 is 0 Å². The smallest absolute Gasteiger partial charge is 0.254 e. The van der Waals surface area contributed by atoms with E-state index in [1.165, 1.54) is 5.56 Å². The first-order chi connectivity index (χ1) is 19.2. The molecule has 3 aromatic carbocycles. The van der Waals surface area contributed by atoms with E-state index in [1.54, 1.807) is 9.58 Å². The third kappa shape index (κ3) is 7.26. The van der Waals surface area contributed by atoms with Gasteiger partial charge in [-0.3, -0.25) is 9.59 Å². The predicted octanol–water partition coefficient (Wildman–Crippen LogP) is 7.24. The molecule has 4 aromatic rings. The zero-order chi connectivity index (χ0) is 28.6. The first-order valence-electron chi connectivity index (χ1n) is 14.2. The van der Waals surface area contributed by atoms with E-state index in [4.69, 9.17) is 5.10 Å². The molecule has 0 fully saturated rings. The molecule has 0 aliphatic carbocycles. The summed E-state index contributed by atoms with van der Waals surface area (Å²) in [4.78, 5) is 28.5. The number of benzene rings is 3. The molecule has 0 spiro atoms. The number of aryl methyl sites for hydroxylation is 3. The summed E-state index contributed by atoms with van der Waals surface area (Å²) < 4.78 is 1.78. The van der Waals surface area contributed by atoms with Crippen molar-refractivity contribution < 1.29 is 9.59 Å². The Bertz CT molecular complexity index is 1440. The average molecular weight is 537 g/mol. The molecule has 40 heavy (non-hydrogen) atoms. The molecule has 0 aliphatic heterocycles. The van der Waals surface area contributed by atoms with Crippen LogP contribution in [0.1, 0.15) is 60.7 Å². The molecule has 4 rings (SSSR count). The van der Waals surface area contributed by atoms with Crippen LogP contribution in [0.3, 0.4) is 0 Å². The van der Waals surface area contributed by atoms with Gasteiger partial charge in [0.25, 0.3) is 5.91 Å². The van der Waals surface area contributed by atoms with E-state index in [1.807, 2.05) is 93.6 Å². The highest BCUT2D eigenvalue weighted by molar-refractivity contribution is 5.99. The maximum Gasteiger partial charge on any atom is 0.254 e. The lowest BCUT2D eigenvalue weighted by atomic mass is 10.1. The fraction of sp³-hybridized carbons (Fsp3) is 0.324. The molecule has 2 amide bonds. The van der Waals surface area contributed by atoms with E-state index in [0.29, 0.717) is 17.9 Å². The molecule has 0 radical (unpaired) electrons. The second kappa shape index (κ2) is 13.2. The van der Waals surface area contributed by atoms with Crippen molar-refractivity contribution in [2.45, 2.75) is 53.9 Å². The molecule has 208 valence electrons. The third-order valence-corrected chi connectivity index (χ3v) is 6.85. The van der Waals surface area contributed by atoms with Crippen LogP contribution in [-0.2, 0) is 11.2 Å². The Kier molecular flexibility index (Phi) is 9.54. The first-order valence-corrected chi connectivity index (χ1v) is 14.2.